The summed E-state index contributed by atoms with van der Waals surface area (Å²) in [6.07, 6.45) is -4.45. The first kappa shape index (κ1) is 17.1. The van der Waals surface area contributed by atoms with Gasteiger partial charge in [-0.05, 0) is 24.2 Å². The van der Waals surface area contributed by atoms with E-state index >= 15 is 0 Å². The Morgan fingerprint density at radius 3 is 2.40 bits per heavy atom. The molecule has 20 heavy (non-hydrogen) atoms. The fraction of sp³-hybridized carbons (Fsp3) is 0.500. The van der Waals surface area contributed by atoms with Gasteiger partial charge in [0.2, 0.25) is 0 Å². The minimum absolute atomic E-state index is 0.0783. The third kappa shape index (κ3) is 5.22. The van der Waals surface area contributed by atoms with E-state index in [0.29, 0.717) is 6.54 Å². The number of halogens is 6. The fourth-order valence-corrected chi connectivity index (χ4v) is 1.88. The Hall–Kier alpha value is -0.920. The Labute approximate surface area is 117 Å². The minimum atomic E-state index is -4.45. The molecular weight excluding hydrogens is 305 g/mol. The smallest absolute Gasteiger partial charge is 0.370 e. The lowest BCUT2D eigenvalue weighted by molar-refractivity contribution is -0.175. The number of hydrogen-bond acceptors (Lipinski definition) is 2. The van der Waals surface area contributed by atoms with E-state index in [2.05, 4.69) is 10.1 Å². The van der Waals surface area contributed by atoms with E-state index in [4.69, 9.17) is 11.6 Å². The second kappa shape index (κ2) is 7.19. The number of likely N-dealkylation sites (N-methyl/N-ethyl adjacent to an activating group) is 1. The van der Waals surface area contributed by atoms with E-state index in [1.165, 1.54) is 0 Å². The molecule has 0 heterocycles. The summed E-state index contributed by atoms with van der Waals surface area (Å²) in [4.78, 5) is 0. The molecule has 0 saturated carbocycles. The standard InChI is InChI=1S/C12H13ClF5NO/c1-2-19-11(5-20-6-12(16,17)18)7-3-9(14)10(15)4-8(7)13/h3-4,11,19H,2,5-6H2,1H3. The van der Waals surface area contributed by atoms with Gasteiger partial charge in [0.05, 0.1) is 12.6 Å². The normalized spacial score (nSPS) is 13.6. The summed E-state index contributed by atoms with van der Waals surface area (Å²) in [6, 6.07) is 0.868. The lowest BCUT2D eigenvalue weighted by Crippen LogP contribution is -2.28. The summed E-state index contributed by atoms with van der Waals surface area (Å²) in [6.45, 7) is 0.328. The van der Waals surface area contributed by atoms with Crippen molar-refractivity contribution >= 4 is 11.6 Å². The third-order valence-electron chi connectivity index (χ3n) is 2.42. The molecule has 0 spiro atoms. The molecule has 0 aliphatic rings. The molecule has 0 aliphatic heterocycles. The fourth-order valence-electron chi connectivity index (χ4n) is 1.60. The Kier molecular flexibility index (Phi) is 6.16. The molecule has 1 aromatic carbocycles. The van der Waals surface area contributed by atoms with E-state index in [1.54, 1.807) is 6.92 Å². The maximum absolute atomic E-state index is 13.2. The molecule has 1 atom stereocenters. The average Bonchev–Trinajstić information content (AvgIpc) is 2.31. The predicted molar refractivity (Wildman–Crippen MR) is 64.7 cm³/mol. The topological polar surface area (TPSA) is 21.3 Å². The van der Waals surface area contributed by atoms with E-state index in [0.717, 1.165) is 12.1 Å². The lowest BCUT2D eigenvalue weighted by Gasteiger charge is -2.20. The second-order valence-corrected chi connectivity index (χ2v) is 4.44. The number of rotatable bonds is 6. The SMILES string of the molecule is CCNC(COCC(F)(F)F)c1cc(F)c(F)cc1Cl. The van der Waals surface area contributed by atoms with Crippen molar-refractivity contribution in [2.45, 2.75) is 19.1 Å². The Morgan fingerprint density at radius 1 is 1.25 bits per heavy atom. The van der Waals surface area contributed by atoms with Crippen LogP contribution < -0.4 is 5.32 Å². The van der Waals surface area contributed by atoms with Crippen molar-refractivity contribution < 1.29 is 26.7 Å². The van der Waals surface area contributed by atoms with Crippen LogP contribution in [-0.2, 0) is 4.74 Å². The molecule has 0 aromatic heterocycles. The molecule has 8 heteroatoms. The zero-order valence-corrected chi connectivity index (χ0v) is 11.3. The molecule has 0 aliphatic carbocycles. The number of alkyl halides is 3. The summed E-state index contributed by atoms with van der Waals surface area (Å²) in [5, 5.41) is 2.73. The molecular formula is C12H13ClF5NO. The number of ether oxygens (including phenoxy) is 1. The van der Waals surface area contributed by atoms with Gasteiger partial charge in [-0.15, -0.1) is 0 Å². The van der Waals surface area contributed by atoms with Crippen LogP contribution in [0.5, 0.6) is 0 Å². The highest BCUT2D eigenvalue weighted by Gasteiger charge is 2.28. The van der Waals surface area contributed by atoms with Crippen LogP contribution >= 0.6 is 11.6 Å². The molecule has 0 radical (unpaired) electrons. The van der Waals surface area contributed by atoms with Gasteiger partial charge in [0.15, 0.2) is 11.6 Å². The van der Waals surface area contributed by atoms with Gasteiger partial charge in [-0.2, -0.15) is 13.2 Å². The van der Waals surface area contributed by atoms with Crippen LogP contribution in [0.15, 0.2) is 12.1 Å². The molecule has 1 unspecified atom stereocenters. The van der Waals surface area contributed by atoms with E-state index in [-0.39, 0.29) is 17.2 Å². The van der Waals surface area contributed by atoms with Gasteiger partial charge in [-0.3, -0.25) is 0 Å². The molecule has 2 nitrogen and oxygen atoms in total. The zero-order chi connectivity index (χ0) is 15.3. The minimum Gasteiger partial charge on any atom is -0.370 e. The van der Waals surface area contributed by atoms with Gasteiger partial charge in [0.25, 0.3) is 0 Å². The molecule has 0 fully saturated rings. The maximum atomic E-state index is 13.2. The quantitative estimate of drug-likeness (QED) is 0.635. The number of benzene rings is 1. The van der Waals surface area contributed by atoms with Crippen molar-refractivity contribution in [1.29, 1.82) is 0 Å². The molecule has 1 rings (SSSR count). The molecule has 1 N–H and O–H groups in total. The van der Waals surface area contributed by atoms with E-state index < -0.39 is 30.5 Å². The van der Waals surface area contributed by atoms with Crippen molar-refractivity contribution in [3.63, 3.8) is 0 Å². The van der Waals surface area contributed by atoms with Gasteiger partial charge < -0.3 is 10.1 Å². The molecule has 0 bridgehead atoms. The monoisotopic (exact) mass is 317 g/mol. The summed E-state index contributed by atoms with van der Waals surface area (Å²) in [5.41, 5.74) is 0.148. The van der Waals surface area contributed by atoms with E-state index in [1.807, 2.05) is 0 Å². The highest BCUT2D eigenvalue weighted by Crippen LogP contribution is 2.26. The zero-order valence-electron chi connectivity index (χ0n) is 10.5. The number of nitrogens with one attached hydrogen (secondary N) is 1. The molecule has 0 amide bonds. The second-order valence-electron chi connectivity index (χ2n) is 4.03. The molecule has 1 aromatic rings. The first-order valence-electron chi connectivity index (χ1n) is 5.77. The third-order valence-corrected chi connectivity index (χ3v) is 2.74. The molecule has 114 valence electrons. The first-order chi connectivity index (χ1) is 9.24. The predicted octanol–water partition coefficient (Wildman–Crippen LogP) is 3.85. The Balaban J connectivity index is 2.83. The number of hydrogen-bond donors (Lipinski definition) is 1. The Morgan fingerprint density at radius 2 is 1.85 bits per heavy atom. The van der Waals surface area contributed by atoms with Crippen LogP contribution in [0.4, 0.5) is 22.0 Å². The van der Waals surface area contributed by atoms with Crippen molar-refractivity contribution in [2.75, 3.05) is 19.8 Å². The summed E-state index contributed by atoms with van der Waals surface area (Å²) >= 11 is 5.78. The largest absolute Gasteiger partial charge is 0.411 e. The van der Waals surface area contributed by atoms with Gasteiger partial charge >= 0.3 is 6.18 Å². The molecule has 0 saturated heterocycles. The van der Waals surface area contributed by atoms with Crippen LogP contribution in [0.2, 0.25) is 5.02 Å². The Bertz CT molecular complexity index is 452. The van der Waals surface area contributed by atoms with Crippen molar-refractivity contribution in [3.05, 3.63) is 34.4 Å². The lowest BCUT2D eigenvalue weighted by atomic mass is 10.1. The van der Waals surface area contributed by atoms with Crippen LogP contribution in [0.25, 0.3) is 0 Å². The van der Waals surface area contributed by atoms with Gasteiger partial charge in [0.1, 0.15) is 6.61 Å². The van der Waals surface area contributed by atoms with Gasteiger partial charge in [0, 0.05) is 5.02 Å². The van der Waals surface area contributed by atoms with Gasteiger partial charge in [-0.1, -0.05) is 18.5 Å². The summed E-state index contributed by atoms with van der Waals surface area (Å²) in [7, 11) is 0. The van der Waals surface area contributed by atoms with Crippen LogP contribution in [-0.4, -0.2) is 25.9 Å². The van der Waals surface area contributed by atoms with Crippen molar-refractivity contribution in [2.24, 2.45) is 0 Å². The highest BCUT2D eigenvalue weighted by molar-refractivity contribution is 6.31. The first-order valence-corrected chi connectivity index (χ1v) is 6.14. The van der Waals surface area contributed by atoms with Crippen molar-refractivity contribution in [3.8, 4) is 0 Å². The van der Waals surface area contributed by atoms with Crippen molar-refractivity contribution in [1.82, 2.24) is 5.32 Å². The maximum Gasteiger partial charge on any atom is 0.411 e. The van der Waals surface area contributed by atoms with E-state index in [9.17, 15) is 22.0 Å². The summed E-state index contributed by atoms with van der Waals surface area (Å²) in [5.74, 6) is -2.24. The van der Waals surface area contributed by atoms with Crippen LogP contribution in [0, 0.1) is 11.6 Å². The van der Waals surface area contributed by atoms with Crippen LogP contribution in [0.1, 0.15) is 18.5 Å². The highest BCUT2D eigenvalue weighted by atomic mass is 35.5. The van der Waals surface area contributed by atoms with Crippen LogP contribution in [0.3, 0.4) is 0 Å². The summed E-state index contributed by atoms with van der Waals surface area (Å²) < 4.78 is 66.7. The van der Waals surface area contributed by atoms with Gasteiger partial charge in [-0.25, -0.2) is 8.78 Å². The average molecular weight is 318 g/mol.